The summed E-state index contributed by atoms with van der Waals surface area (Å²) in [6, 6.07) is -0.648. The van der Waals surface area contributed by atoms with E-state index < -0.39 is 12.1 Å². The summed E-state index contributed by atoms with van der Waals surface area (Å²) in [4.78, 5) is 12.4. The summed E-state index contributed by atoms with van der Waals surface area (Å²) >= 11 is 0. The number of carbonyl (C=O) groups is 1. The molecule has 0 spiro atoms. The molecule has 0 rings (SSSR count). The molecule has 2 atom stereocenters. The molecule has 0 aromatic rings. The van der Waals surface area contributed by atoms with Gasteiger partial charge in [0, 0.05) is 6.42 Å². The minimum absolute atomic E-state index is 0.0871. The van der Waals surface area contributed by atoms with E-state index in [4.69, 9.17) is 0 Å². The van der Waals surface area contributed by atoms with Crippen LogP contribution in [-0.4, -0.2) is 34.9 Å². The smallest absolute Gasteiger partial charge is 0.220 e. The van der Waals surface area contributed by atoms with Gasteiger partial charge in [0.1, 0.15) is 0 Å². The molecule has 0 saturated carbocycles. The van der Waals surface area contributed by atoms with Crippen LogP contribution in [-0.2, 0) is 4.79 Å². The quantitative estimate of drug-likeness (QED) is 0.0429. The van der Waals surface area contributed by atoms with Gasteiger partial charge in [-0.25, -0.2) is 0 Å². The fraction of sp³-hybridized carbons (Fsp3) is 0.780. The molecule has 4 heteroatoms. The molecule has 3 N–H and O–H groups in total. The Bertz CT molecular complexity index is 904. The van der Waals surface area contributed by atoms with Crippen molar-refractivity contribution in [1.82, 2.24) is 5.32 Å². The van der Waals surface area contributed by atoms with Gasteiger partial charge in [-0.05, 0) is 70.6 Å². The van der Waals surface area contributed by atoms with Gasteiger partial charge in [-0.1, -0.05) is 216 Å². The van der Waals surface area contributed by atoms with E-state index in [1.54, 1.807) is 6.08 Å². The summed E-state index contributed by atoms with van der Waals surface area (Å²) in [6.45, 7) is 4.27. The van der Waals surface area contributed by atoms with Crippen LogP contribution in [0.1, 0.15) is 232 Å². The Kier molecular flexibility index (Phi) is 43.9. The van der Waals surface area contributed by atoms with Crippen molar-refractivity contribution in [3.05, 3.63) is 60.8 Å². The lowest BCUT2D eigenvalue weighted by Crippen LogP contribution is -2.45. The number of hydrogen-bond donors (Lipinski definition) is 3. The van der Waals surface area contributed by atoms with Crippen LogP contribution >= 0.6 is 0 Å². The summed E-state index contributed by atoms with van der Waals surface area (Å²) in [7, 11) is 0. The molecular formula is C50H91NO3. The van der Waals surface area contributed by atoms with Gasteiger partial charge in [-0.15, -0.1) is 0 Å². The first kappa shape index (κ1) is 52.1. The van der Waals surface area contributed by atoms with E-state index >= 15 is 0 Å². The van der Waals surface area contributed by atoms with Crippen LogP contribution in [0.4, 0.5) is 0 Å². The lowest BCUT2D eigenvalue weighted by molar-refractivity contribution is -0.123. The highest BCUT2D eigenvalue weighted by molar-refractivity contribution is 5.76. The standard InChI is InChI=1S/C50H91NO3/c1-3-5-7-9-11-13-15-17-19-21-23-24-25-26-28-29-31-33-35-37-39-41-43-45-49(53)48(47-52)51-50(54)46-44-42-40-38-36-34-32-30-27-22-20-18-16-14-12-10-8-6-4-2/h12,14,18,20,27,30,35,37,43,45,48-49,52-53H,3-11,13,15-17,19,21-26,28-29,31-34,36,38-42,44,46-47H2,1-2H3,(H,51,54)/b14-12-,20-18-,30-27-,37-35+,45-43+. The summed E-state index contributed by atoms with van der Waals surface area (Å²) in [5.74, 6) is -0.0871. The Morgan fingerprint density at radius 1 is 0.444 bits per heavy atom. The maximum absolute atomic E-state index is 12.4. The van der Waals surface area contributed by atoms with Crippen LogP contribution < -0.4 is 5.32 Å². The Morgan fingerprint density at radius 2 is 0.778 bits per heavy atom. The van der Waals surface area contributed by atoms with E-state index in [0.717, 1.165) is 57.8 Å². The number of aliphatic hydroxyl groups is 2. The van der Waals surface area contributed by atoms with E-state index in [0.29, 0.717) is 6.42 Å². The minimum atomic E-state index is -0.870. The molecule has 0 aromatic carbocycles. The van der Waals surface area contributed by atoms with Crippen LogP contribution in [0.3, 0.4) is 0 Å². The van der Waals surface area contributed by atoms with Gasteiger partial charge in [-0.3, -0.25) is 4.79 Å². The third kappa shape index (κ3) is 41.3. The Labute approximate surface area is 336 Å². The number of unbranched alkanes of at least 4 members (excludes halogenated alkanes) is 27. The van der Waals surface area contributed by atoms with Crippen LogP contribution in [0.25, 0.3) is 0 Å². The molecule has 0 bridgehead atoms. The number of aliphatic hydroxyl groups excluding tert-OH is 2. The van der Waals surface area contributed by atoms with E-state index in [1.807, 2.05) is 6.08 Å². The Hall–Kier alpha value is -1.91. The average molecular weight is 754 g/mol. The molecule has 314 valence electrons. The molecule has 0 aliphatic heterocycles. The first-order valence-corrected chi connectivity index (χ1v) is 23.5. The minimum Gasteiger partial charge on any atom is -0.394 e. The van der Waals surface area contributed by atoms with Crippen LogP contribution in [0.2, 0.25) is 0 Å². The van der Waals surface area contributed by atoms with Crippen molar-refractivity contribution in [3.8, 4) is 0 Å². The second-order valence-electron chi connectivity index (χ2n) is 15.8. The van der Waals surface area contributed by atoms with Gasteiger partial charge in [0.25, 0.3) is 0 Å². The van der Waals surface area contributed by atoms with E-state index in [-0.39, 0.29) is 12.5 Å². The molecule has 2 unspecified atom stereocenters. The van der Waals surface area contributed by atoms with Crippen LogP contribution in [0.15, 0.2) is 60.8 Å². The van der Waals surface area contributed by atoms with Gasteiger partial charge >= 0.3 is 0 Å². The highest BCUT2D eigenvalue weighted by Crippen LogP contribution is 2.15. The van der Waals surface area contributed by atoms with E-state index in [9.17, 15) is 15.0 Å². The third-order valence-corrected chi connectivity index (χ3v) is 10.5. The normalized spacial score (nSPS) is 13.5. The highest BCUT2D eigenvalue weighted by Gasteiger charge is 2.17. The first-order valence-electron chi connectivity index (χ1n) is 23.5. The molecule has 54 heavy (non-hydrogen) atoms. The summed E-state index contributed by atoms with van der Waals surface area (Å²) in [6.07, 6.45) is 63.4. The molecule has 4 nitrogen and oxygen atoms in total. The molecule has 0 fully saturated rings. The van der Waals surface area contributed by atoms with Crippen molar-refractivity contribution in [2.75, 3.05) is 6.61 Å². The summed E-state index contributed by atoms with van der Waals surface area (Å²) < 4.78 is 0. The number of allylic oxidation sites excluding steroid dienone is 9. The fourth-order valence-electron chi connectivity index (χ4n) is 6.85. The lowest BCUT2D eigenvalue weighted by atomic mass is 10.0. The Balaban J connectivity index is 3.63. The van der Waals surface area contributed by atoms with Crippen molar-refractivity contribution in [1.29, 1.82) is 0 Å². The van der Waals surface area contributed by atoms with E-state index in [1.165, 1.54) is 154 Å². The Morgan fingerprint density at radius 3 is 1.24 bits per heavy atom. The number of nitrogens with one attached hydrogen (secondary N) is 1. The molecule has 0 heterocycles. The first-order chi connectivity index (χ1) is 26.7. The van der Waals surface area contributed by atoms with Gasteiger partial charge in [0.15, 0.2) is 0 Å². The highest BCUT2D eigenvalue weighted by atomic mass is 16.3. The summed E-state index contributed by atoms with van der Waals surface area (Å²) in [5, 5.41) is 23.0. The number of amides is 1. The largest absolute Gasteiger partial charge is 0.394 e. The number of carbonyl (C=O) groups excluding carboxylic acids is 1. The maximum atomic E-state index is 12.4. The van der Waals surface area contributed by atoms with Crippen molar-refractivity contribution >= 4 is 5.91 Å². The third-order valence-electron chi connectivity index (χ3n) is 10.5. The van der Waals surface area contributed by atoms with Crippen molar-refractivity contribution in [3.63, 3.8) is 0 Å². The number of hydrogen-bond acceptors (Lipinski definition) is 3. The number of rotatable bonds is 42. The van der Waals surface area contributed by atoms with Gasteiger partial charge in [0.05, 0.1) is 18.8 Å². The van der Waals surface area contributed by atoms with E-state index in [2.05, 4.69) is 67.8 Å². The van der Waals surface area contributed by atoms with Gasteiger partial charge in [0.2, 0.25) is 5.91 Å². The maximum Gasteiger partial charge on any atom is 0.220 e. The lowest BCUT2D eigenvalue weighted by Gasteiger charge is -2.19. The monoisotopic (exact) mass is 754 g/mol. The van der Waals surface area contributed by atoms with Crippen molar-refractivity contribution in [2.24, 2.45) is 0 Å². The van der Waals surface area contributed by atoms with Crippen LogP contribution in [0, 0.1) is 0 Å². The van der Waals surface area contributed by atoms with Gasteiger partial charge in [-0.2, -0.15) is 0 Å². The topological polar surface area (TPSA) is 69.6 Å². The van der Waals surface area contributed by atoms with Crippen LogP contribution in [0.5, 0.6) is 0 Å². The molecule has 0 saturated heterocycles. The van der Waals surface area contributed by atoms with Gasteiger partial charge < -0.3 is 15.5 Å². The predicted molar refractivity (Wildman–Crippen MR) is 239 cm³/mol. The predicted octanol–water partition coefficient (Wildman–Crippen LogP) is 14.9. The average Bonchev–Trinajstić information content (AvgIpc) is 3.18. The molecular weight excluding hydrogens is 663 g/mol. The molecule has 0 radical (unpaired) electrons. The zero-order valence-corrected chi connectivity index (χ0v) is 36.0. The molecule has 1 amide bonds. The van der Waals surface area contributed by atoms with Crippen molar-refractivity contribution < 1.29 is 15.0 Å². The molecule has 0 aromatic heterocycles. The second-order valence-corrected chi connectivity index (χ2v) is 15.8. The van der Waals surface area contributed by atoms with Crippen molar-refractivity contribution in [2.45, 2.75) is 244 Å². The zero-order chi connectivity index (χ0) is 39.3. The molecule has 0 aliphatic rings. The second kappa shape index (κ2) is 45.5. The molecule has 0 aliphatic carbocycles. The SMILES string of the molecule is CCCCC/C=C\C/C=C\C/C=C\CCCCCCCCC(=O)NC(CO)C(O)/C=C/CC/C=C/CCCCCCCCCCCCCCCCCCC. The zero-order valence-electron chi connectivity index (χ0n) is 36.0. The summed E-state index contributed by atoms with van der Waals surface area (Å²) in [5.41, 5.74) is 0. The fourth-order valence-corrected chi connectivity index (χ4v) is 6.85.